The number of primary sulfonamides is 1. The second-order valence-corrected chi connectivity index (χ2v) is 7.53. The van der Waals surface area contributed by atoms with Crippen molar-refractivity contribution >= 4 is 27.3 Å². The number of thiazole rings is 1. The predicted octanol–water partition coefficient (Wildman–Crippen LogP) is 1.84. The molecule has 0 spiro atoms. The van der Waals surface area contributed by atoms with Gasteiger partial charge in [0.25, 0.3) is 5.91 Å². The van der Waals surface area contributed by atoms with E-state index in [4.69, 9.17) is 5.14 Å². The number of carbonyl (C=O) groups excluding carboxylic acids is 1. The number of hydrogen-bond donors (Lipinski definition) is 2. The lowest BCUT2D eigenvalue weighted by atomic mass is 10.2. The monoisotopic (exact) mass is 339 g/mol. The lowest BCUT2D eigenvalue weighted by Crippen LogP contribution is -2.23. The Morgan fingerprint density at radius 1 is 1.32 bits per heavy atom. The van der Waals surface area contributed by atoms with Gasteiger partial charge in [-0.05, 0) is 24.3 Å². The Hall–Kier alpha value is -1.77. The maximum absolute atomic E-state index is 12.0. The molecule has 0 saturated heterocycles. The largest absolute Gasteiger partial charge is 0.346 e. The third-order valence-electron chi connectivity index (χ3n) is 2.94. The van der Waals surface area contributed by atoms with Crippen molar-refractivity contribution in [2.75, 3.05) is 0 Å². The lowest BCUT2D eigenvalue weighted by molar-refractivity contribution is 0.0950. The van der Waals surface area contributed by atoms with Crippen molar-refractivity contribution in [2.24, 2.45) is 5.14 Å². The topological polar surface area (TPSA) is 102 Å². The molecule has 3 N–H and O–H groups in total. The van der Waals surface area contributed by atoms with Crippen LogP contribution < -0.4 is 10.5 Å². The van der Waals surface area contributed by atoms with E-state index in [0.29, 0.717) is 18.0 Å². The summed E-state index contributed by atoms with van der Waals surface area (Å²) in [7, 11) is -3.75. The van der Waals surface area contributed by atoms with Gasteiger partial charge in [-0.1, -0.05) is 13.8 Å². The fourth-order valence-corrected chi connectivity index (χ4v) is 3.09. The molecule has 2 aromatic rings. The van der Waals surface area contributed by atoms with Crippen LogP contribution in [0.15, 0.2) is 34.5 Å². The molecule has 8 heteroatoms. The van der Waals surface area contributed by atoms with Crippen molar-refractivity contribution < 1.29 is 13.2 Å². The van der Waals surface area contributed by atoms with Crippen LogP contribution in [0.25, 0.3) is 0 Å². The van der Waals surface area contributed by atoms with Crippen molar-refractivity contribution in [3.8, 4) is 0 Å². The number of sulfonamides is 1. The molecule has 1 aromatic carbocycles. The number of rotatable bonds is 5. The maximum atomic E-state index is 12.0. The van der Waals surface area contributed by atoms with E-state index in [-0.39, 0.29) is 10.8 Å². The first-order valence-electron chi connectivity index (χ1n) is 6.62. The van der Waals surface area contributed by atoms with Crippen LogP contribution in [0.4, 0.5) is 0 Å². The molecule has 0 aliphatic carbocycles. The van der Waals surface area contributed by atoms with Crippen molar-refractivity contribution in [1.29, 1.82) is 0 Å². The van der Waals surface area contributed by atoms with Gasteiger partial charge in [0.2, 0.25) is 10.0 Å². The number of carbonyl (C=O) groups is 1. The van der Waals surface area contributed by atoms with Gasteiger partial charge in [-0.25, -0.2) is 18.5 Å². The fraction of sp³-hybridized carbons (Fsp3) is 0.286. The van der Waals surface area contributed by atoms with E-state index in [0.717, 1.165) is 10.7 Å². The second-order valence-electron chi connectivity index (χ2n) is 5.08. The average Bonchev–Trinajstić information content (AvgIpc) is 2.93. The molecule has 0 radical (unpaired) electrons. The van der Waals surface area contributed by atoms with Gasteiger partial charge < -0.3 is 5.32 Å². The molecule has 6 nitrogen and oxygen atoms in total. The van der Waals surface area contributed by atoms with E-state index in [1.165, 1.54) is 24.3 Å². The molecule has 0 fully saturated rings. The number of aromatic nitrogens is 1. The minimum atomic E-state index is -3.75. The summed E-state index contributed by atoms with van der Waals surface area (Å²) < 4.78 is 22.3. The third kappa shape index (κ3) is 4.12. The van der Waals surface area contributed by atoms with Crippen LogP contribution in [0.3, 0.4) is 0 Å². The molecule has 0 bridgehead atoms. The predicted molar refractivity (Wildman–Crippen MR) is 85.2 cm³/mol. The lowest BCUT2D eigenvalue weighted by Gasteiger charge is -2.04. The van der Waals surface area contributed by atoms with Crippen LogP contribution >= 0.6 is 11.3 Å². The van der Waals surface area contributed by atoms with Crippen molar-refractivity contribution in [3.63, 3.8) is 0 Å². The van der Waals surface area contributed by atoms with Crippen LogP contribution in [0, 0.1) is 0 Å². The summed E-state index contributed by atoms with van der Waals surface area (Å²) in [6.45, 7) is 4.46. The third-order valence-corrected chi connectivity index (χ3v) is 5.06. The van der Waals surface area contributed by atoms with Crippen molar-refractivity contribution in [1.82, 2.24) is 10.3 Å². The minimum Gasteiger partial charge on any atom is -0.346 e. The Morgan fingerprint density at radius 3 is 2.45 bits per heavy atom. The zero-order valence-electron chi connectivity index (χ0n) is 12.2. The first-order chi connectivity index (χ1) is 10.3. The fourth-order valence-electron chi connectivity index (χ4n) is 1.74. The first-order valence-corrected chi connectivity index (χ1v) is 9.05. The second kappa shape index (κ2) is 6.55. The zero-order chi connectivity index (χ0) is 16.3. The highest BCUT2D eigenvalue weighted by atomic mass is 32.2. The normalized spacial score (nSPS) is 11.6. The number of nitrogens with two attached hydrogens (primary N) is 1. The van der Waals surface area contributed by atoms with Crippen molar-refractivity contribution in [2.45, 2.75) is 31.2 Å². The molecule has 1 amide bonds. The average molecular weight is 339 g/mol. The Bertz CT molecular complexity index is 765. The van der Waals surface area contributed by atoms with Gasteiger partial charge >= 0.3 is 0 Å². The van der Waals surface area contributed by atoms with Crippen LogP contribution in [0.2, 0.25) is 0 Å². The molecule has 0 unspecified atom stereocenters. The van der Waals surface area contributed by atoms with E-state index in [1.807, 2.05) is 5.38 Å². The van der Waals surface area contributed by atoms with Gasteiger partial charge in [-0.3, -0.25) is 4.79 Å². The summed E-state index contributed by atoms with van der Waals surface area (Å²) in [5.41, 5.74) is 1.18. The summed E-state index contributed by atoms with van der Waals surface area (Å²) in [4.78, 5) is 16.4. The summed E-state index contributed by atoms with van der Waals surface area (Å²) in [6.07, 6.45) is 0. The van der Waals surface area contributed by atoms with Gasteiger partial charge in [0.1, 0.15) is 0 Å². The Labute approximate surface area is 133 Å². The molecule has 22 heavy (non-hydrogen) atoms. The molecule has 0 saturated carbocycles. The molecular weight excluding hydrogens is 322 g/mol. The van der Waals surface area contributed by atoms with Crippen LogP contribution in [-0.2, 0) is 16.6 Å². The van der Waals surface area contributed by atoms with Crippen molar-refractivity contribution in [3.05, 3.63) is 45.9 Å². The number of hydrogen-bond acceptors (Lipinski definition) is 5. The van der Waals surface area contributed by atoms with Crippen LogP contribution in [-0.4, -0.2) is 19.3 Å². The highest BCUT2D eigenvalue weighted by molar-refractivity contribution is 7.89. The van der Waals surface area contributed by atoms with E-state index >= 15 is 0 Å². The summed E-state index contributed by atoms with van der Waals surface area (Å²) in [5.74, 6) is 0.0697. The molecule has 2 rings (SSSR count). The summed E-state index contributed by atoms with van der Waals surface area (Å²) in [6, 6.07) is 5.47. The number of nitrogens with one attached hydrogen (secondary N) is 1. The minimum absolute atomic E-state index is 0.0230. The van der Waals surface area contributed by atoms with Gasteiger partial charge in [-0.2, -0.15) is 0 Å². The SMILES string of the molecule is CC(C)c1nc(CNC(=O)c2ccc(S(N)(=O)=O)cc2)cs1. The van der Waals surface area contributed by atoms with Gasteiger partial charge in [0.15, 0.2) is 0 Å². The Balaban J connectivity index is 2.00. The molecule has 0 aliphatic heterocycles. The molecule has 1 heterocycles. The molecule has 0 atom stereocenters. The summed E-state index contributed by atoms with van der Waals surface area (Å²) >= 11 is 1.57. The molecular formula is C14H17N3O3S2. The summed E-state index contributed by atoms with van der Waals surface area (Å²) in [5, 5.41) is 10.7. The smallest absolute Gasteiger partial charge is 0.251 e. The first kappa shape index (κ1) is 16.6. The van der Waals surface area contributed by atoms with Crippen LogP contribution in [0.5, 0.6) is 0 Å². The zero-order valence-corrected chi connectivity index (χ0v) is 13.9. The molecule has 0 aliphatic rings. The van der Waals surface area contributed by atoms with E-state index in [2.05, 4.69) is 24.1 Å². The van der Waals surface area contributed by atoms with E-state index in [1.54, 1.807) is 11.3 Å². The highest BCUT2D eigenvalue weighted by Crippen LogP contribution is 2.19. The Morgan fingerprint density at radius 2 is 1.95 bits per heavy atom. The van der Waals surface area contributed by atoms with Crippen LogP contribution in [0.1, 0.15) is 40.8 Å². The van der Waals surface area contributed by atoms with Gasteiger partial charge in [0.05, 0.1) is 22.1 Å². The maximum Gasteiger partial charge on any atom is 0.251 e. The molecule has 118 valence electrons. The number of nitrogens with zero attached hydrogens (tertiary/aromatic N) is 1. The highest BCUT2D eigenvalue weighted by Gasteiger charge is 2.11. The molecule has 1 aromatic heterocycles. The Kier molecular flexibility index (Phi) is 4.94. The number of amides is 1. The van der Waals surface area contributed by atoms with E-state index in [9.17, 15) is 13.2 Å². The van der Waals surface area contributed by atoms with Gasteiger partial charge in [0, 0.05) is 16.9 Å². The number of benzene rings is 1. The quantitative estimate of drug-likeness (QED) is 0.867. The standard InChI is InChI=1S/C14H17N3O3S2/c1-9(2)14-17-11(8-21-14)7-16-13(18)10-3-5-12(6-4-10)22(15,19)20/h3-6,8-9H,7H2,1-2H3,(H,16,18)(H2,15,19,20). The van der Waals surface area contributed by atoms with Gasteiger partial charge in [-0.15, -0.1) is 11.3 Å². The van der Waals surface area contributed by atoms with E-state index < -0.39 is 10.0 Å².